The summed E-state index contributed by atoms with van der Waals surface area (Å²) in [5.41, 5.74) is 3.63. The lowest BCUT2D eigenvalue weighted by atomic mass is 10.0. The zero-order chi connectivity index (χ0) is 25.3. The molecule has 2 aliphatic rings. The van der Waals surface area contributed by atoms with E-state index in [-0.39, 0.29) is 52.2 Å². The van der Waals surface area contributed by atoms with Crippen LogP contribution in [-0.2, 0) is 4.74 Å². The van der Waals surface area contributed by atoms with Gasteiger partial charge in [-0.25, -0.2) is 0 Å². The maximum atomic E-state index is 13.4. The number of carbonyl (C=O) groups is 1. The minimum absolute atomic E-state index is 0.0331. The number of anilines is 3. The Hall–Kier alpha value is -3.45. The van der Waals surface area contributed by atoms with Crippen LogP contribution in [0, 0.1) is 0 Å². The summed E-state index contributed by atoms with van der Waals surface area (Å²) in [5, 5.41) is 33.9. The van der Waals surface area contributed by atoms with E-state index >= 15 is 0 Å². The molecule has 0 bridgehead atoms. The molecule has 4 N–H and O–H groups in total. The predicted molar refractivity (Wildman–Crippen MR) is 138 cm³/mol. The molecule has 2 aliphatic heterocycles. The second-order valence-electron chi connectivity index (χ2n) is 9.99. The van der Waals surface area contributed by atoms with Gasteiger partial charge in [0, 0.05) is 18.7 Å². The van der Waals surface area contributed by atoms with Crippen molar-refractivity contribution < 1.29 is 24.9 Å². The summed E-state index contributed by atoms with van der Waals surface area (Å²) in [7, 11) is 0. The number of epoxide rings is 1. The maximum Gasteiger partial charge on any atom is 0.260 e. The molecule has 1 unspecified atom stereocenters. The van der Waals surface area contributed by atoms with Gasteiger partial charge in [0.2, 0.25) is 0 Å². The van der Waals surface area contributed by atoms with Crippen molar-refractivity contribution in [2.75, 3.05) is 16.8 Å². The summed E-state index contributed by atoms with van der Waals surface area (Å²) in [6, 6.07) is 7.34. The first-order chi connectivity index (χ1) is 16.6. The minimum atomic E-state index is -0.336. The molecule has 186 valence electrons. The monoisotopic (exact) mass is 478 g/mol. The van der Waals surface area contributed by atoms with E-state index in [0.717, 1.165) is 31.3 Å². The Morgan fingerprint density at radius 1 is 1.06 bits per heavy atom. The highest BCUT2D eigenvalue weighted by Crippen LogP contribution is 2.45. The molecule has 0 aliphatic carbocycles. The van der Waals surface area contributed by atoms with E-state index < -0.39 is 0 Å². The molecular weight excluding hydrogens is 444 g/mol. The fourth-order valence-electron chi connectivity index (χ4n) is 4.44. The van der Waals surface area contributed by atoms with Gasteiger partial charge in [-0.2, -0.15) is 0 Å². The van der Waals surface area contributed by atoms with E-state index in [1.165, 1.54) is 28.7 Å². The highest BCUT2D eigenvalue weighted by atomic mass is 16.6. The van der Waals surface area contributed by atoms with E-state index in [4.69, 9.17) is 4.74 Å². The Morgan fingerprint density at radius 2 is 1.77 bits per heavy atom. The third kappa shape index (κ3) is 5.46. The third-order valence-corrected chi connectivity index (χ3v) is 6.76. The quantitative estimate of drug-likeness (QED) is 0.157. The number of hydrogen-bond donors (Lipinski definition) is 4. The number of allylic oxidation sites excluding steroid dienone is 3. The molecule has 0 spiro atoms. The van der Waals surface area contributed by atoms with Gasteiger partial charge < -0.3 is 30.3 Å². The largest absolute Gasteiger partial charge is 0.508 e. The van der Waals surface area contributed by atoms with Crippen LogP contribution in [0.3, 0.4) is 0 Å². The van der Waals surface area contributed by atoms with Gasteiger partial charge in [-0.3, -0.25) is 4.79 Å². The minimum Gasteiger partial charge on any atom is -0.508 e. The number of benzene rings is 2. The smallest absolute Gasteiger partial charge is 0.260 e. The second kappa shape index (κ2) is 9.66. The fraction of sp³-hybridized carbons (Fsp3) is 0.393. The van der Waals surface area contributed by atoms with Crippen LogP contribution in [0.25, 0.3) is 0 Å². The normalized spacial score (nSPS) is 19.0. The van der Waals surface area contributed by atoms with Crippen LogP contribution >= 0.6 is 0 Å². The number of nitrogens with one attached hydrogen (secondary N) is 1. The molecule has 0 saturated carbocycles. The topological polar surface area (TPSA) is 106 Å². The van der Waals surface area contributed by atoms with Crippen molar-refractivity contribution in [3.8, 4) is 17.2 Å². The predicted octanol–water partition coefficient (Wildman–Crippen LogP) is 6.14. The van der Waals surface area contributed by atoms with Crippen LogP contribution in [0.1, 0.15) is 63.7 Å². The molecule has 1 fully saturated rings. The molecule has 7 heteroatoms. The van der Waals surface area contributed by atoms with E-state index in [1.807, 2.05) is 13.0 Å². The van der Waals surface area contributed by atoms with E-state index in [2.05, 4.69) is 32.2 Å². The average molecular weight is 479 g/mol. The summed E-state index contributed by atoms with van der Waals surface area (Å²) in [4.78, 5) is 14.9. The lowest BCUT2D eigenvalue weighted by Gasteiger charge is -2.22. The highest BCUT2D eigenvalue weighted by Gasteiger charge is 2.46. The first-order valence-corrected chi connectivity index (χ1v) is 12.0. The zero-order valence-corrected chi connectivity index (χ0v) is 20.8. The number of amides is 1. The Morgan fingerprint density at radius 3 is 2.49 bits per heavy atom. The molecule has 2 heterocycles. The van der Waals surface area contributed by atoms with Gasteiger partial charge in [-0.05, 0) is 65.5 Å². The van der Waals surface area contributed by atoms with Crippen LogP contribution in [-0.4, -0.2) is 39.5 Å². The summed E-state index contributed by atoms with van der Waals surface area (Å²) >= 11 is 0. The molecule has 2 aromatic carbocycles. The van der Waals surface area contributed by atoms with Crippen molar-refractivity contribution >= 4 is 23.0 Å². The Balaban J connectivity index is 1.47. The second-order valence-corrected chi connectivity index (χ2v) is 9.99. The number of fused-ring (bicyclic) bond motifs is 2. The molecule has 0 aromatic heterocycles. The van der Waals surface area contributed by atoms with Crippen LogP contribution in [0.5, 0.6) is 17.2 Å². The first kappa shape index (κ1) is 24.7. The number of phenols is 3. The maximum absolute atomic E-state index is 13.4. The number of phenolic OH excluding ortho intramolecular Hbond substituents is 3. The lowest BCUT2D eigenvalue weighted by Crippen LogP contribution is -2.30. The highest BCUT2D eigenvalue weighted by molar-refractivity contribution is 6.15. The van der Waals surface area contributed by atoms with E-state index in [0.29, 0.717) is 11.8 Å². The van der Waals surface area contributed by atoms with E-state index in [1.54, 1.807) is 12.1 Å². The standard InChI is InChI=1S/C28H34N2O5/c1-17(11-12-24-28(3,4)35-24)7-5-8-18(2)13-14-30-21-15-19(31)16-23(33)26(21)29-25-20(27(30)34)9-6-10-22(25)32/h6-7,9-10,13,15-16,24,29,31-33H,5,8,11-12,14H2,1-4H3/b17-7+,18-13+. The first-order valence-electron chi connectivity index (χ1n) is 12.0. The lowest BCUT2D eigenvalue weighted by molar-refractivity contribution is 0.0991. The van der Waals surface area contributed by atoms with Gasteiger partial charge in [0.15, 0.2) is 0 Å². The number of nitrogens with zero attached hydrogens (tertiary/aromatic N) is 1. The number of hydrogen-bond acceptors (Lipinski definition) is 6. The summed E-state index contributed by atoms with van der Waals surface area (Å²) in [6.45, 7) is 8.69. The molecule has 1 atom stereocenters. The molecule has 0 radical (unpaired) electrons. The number of para-hydroxylation sites is 1. The summed E-state index contributed by atoms with van der Waals surface area (Å²) < 4.78 is 5.65. The van der Waals surface area contributed by atoms with Gasteiger partial charge in [0.05, 0.1) is 28.6 Å². The number of carbonyl (C=O) groups excluding carboxylic acids is 1. The average Bonchev–Trinajstić information content (AvgIpc) is 3.43. The molecule has 4 rings (SSSR count). The van der Waals surface area contributed by atoms with Gasteiger partial charge in [-0.15, -0.1) is 0 Å². The van der Waals surface area contributed by atoms with Crippen molar-refractivity contribution in [2.24, 2.45) is 0 Å². The number of ether oxygens (including phenoxy) is 1. The van der Waals surface area contributed by atoms with Crippen molar-refractivity contribution in [1.29, 1.82) is 0 Å². The van der Waals surface area contributed by atoms with Gasteiger partial charge in [0.1, 0.15) is 22.9 Å². The Bertz CT molecular complexity index is 1200. The molecule has 35 heavy (non-hydrogen) atoms. The molecule has 1 amide bonds. The van der Waals surface area contributed by atoms with Gasteiger partial charge in [0.25, 0.3) is 5.91 Å². The number of rotatable bonds is 8. The Kier molecular flexibility index (Phi) is 6.81. The van der Waals surface area contributed by atoms with Crippen molar-refractivity contribution in [3.63, 3.8) is 0 Å². The van der Waals surface area contributed by atoms with Crippen molar-refractivity contribution in [2.45, 2.75) is 65.1 Å². The Labute approximate surface area is 206 Å². The van der Waals surface area contributed by atoms with Gasteiger partial charge >= 0.3 is 0 Å². The van der Waals surface area contributed by atoms with Gasteiger partial charge in [-0.1, -0.05) is 29.4 Å². The van der Waals surface area contributed by atoms with E-state index in [9.17, 15) is 20.1 Å². The van der Waals surface area contributed by atoms with Crippen molar-refractivity contribution in [1.82, 2.24) is 0 Å². The molecule has 2 aromatic rings. The SMILES string of the molecule is C/C(=C\CN1C(=O)c2cccc(O)c2Nc2c(O)cc(O)cc21)CC/C=C(\C)CCC1OC1(C)C. The van der Waals surface area contributed by atoms with Crippen LogP contribution < -0.4 is 10.2 Å². The van der Waals surface area contributed by atoms with Crippen LogP contribution in [0.2, 0.25) is 0 Å². The van der Waals surface area contributed by atoms with Crippen LogP contribution in [0.15, 0.2) is 53.6 Å². The fourth-order valence-corrected chi connectivity index (χ4v) is 4.44. The van der Waals surface area contributed by atoms with Crippen LogP contribution in [0.4, 0.5) is 17.1 Å². The molecule has 1 saturated heterocycles. The third-order valence-electron chi connectivity index (χ3n) is 6.76. The summed E-state index contributed by atoms with van der Waals surface area (Å²) in [6.07, 6.45) is 8.46. The number of aromatic hydroxyl groups is 3. The zero-order valence-electron chi connectivity index (χ0n) is 20.8. The molecular formula is C28H34N2O5. The molecule has 7 nitrogen and oxygen atoms in total. The summed E-state index contributed by atoms with van der Waals surface area (Å²) in [5.74, 6) is -0.800. The van der Waals surface area contributed by atoms with Crippen molar-refractivity contribution in [3.05, 3.63) is 59.2 Å².